The molecule has 1 aliphatic carbocycles. The number of hydrogen-bond acceptors (Lipinski definition) is 2. The highest BCUT2D eigenvalue weighted by molar-refractivity contribution is 7.25. The maximum Gasteiger partial charge on any atom is 0.0713 e. The third-order valence-electron chi connectivity index (χ3n) is 14.0. The van der Waals surface area contributed by atoms with Gasteiger partial charge in [-0.15, -0.1) is 11.3 Å². The Hall–Kier alpha value is -8.30. The van der Waals surface area contributed by atoms with Gasteiger partial charge in [0, 0.05) is 37.1 Å². The quantitative estimate of drug-likeness (QED) is 0.147. The minimum absolute atomic E-state index is 0.456. The van der Waals surface area contributed by atoms with E-state index in [4.69, 9.17) is 0 Å². The lowest BCUT2D eigenvalue weighted by Gasteiger charge is -2.34. The van der Waals surface area contributed by atoms with Crippen LogP contribution in [0.2, 0.25) is 0 Å². The van der Waals surface area contributed by atoms with Gasteiger partial charge in [0.25, 0.3) is 0 Å². The van der Waals surface area contributed by atoms with Crippen LogP contribution in [0.15, 0.2) is 261 Å². The molecule has 0 saturated heterocycles. The van der Waals surface area contributed by atoms with Gasteiger partial charge in [0.15, 0.2) is 0 Å². The van der Waals surface area contributed by atoms with Crippen LogP contribution in [0.1, 0.15) is 22.3 Å². The van der Waals surface area contributed by atoms with Gasteiger partial charge in [0.1, 0.15) is 0 Å². The smallest absolute Gasteiger partial charge is 0.0713 e. The van der Waals surface area contributed by atoms with E-state index in [0.717, 1.165) is 17.1 Å². The minimum Gasteiger partial charge on any atom is -0.310 e. The van der Waals surface area contributed by atoms with Crippen molar-refractivity contribution in [2.24, 2.45) is 0 Å². The predicted molar refractivity (Wildman–Crippen MR) is 285 cm³/mol. The summed E-state index contributed by atoms with van der Waals surface area (Å²) in [5, 5.41) is 5.10. The SMILES string of the molecule is c1ccc(C2(c3ccccc3)c3ccccc3-c3ccc(-c4ccc(N(c5ccc(-c6cccc7sc8ccccc8c67)cc5)c5ccccc5-c5ccc6ccccc6c5)cc4)cc32)cc1. The van der Waals surface area contributed by atoms with Crippen molar-refractivity contribution >= 4 is 59.3 Å². The highest BCUT2D eigenvalue weighted by atomic mass is 32.1. The molecule has 0 bridgehead atoms. The van der Waals surface area contributed by atoms with E-state index in [0.29, 0.717) is 0 Å². The Bertz CT molecular complexity index is 3750. The Labute approximate surface area is 395 Å². The molecule has 12 aromatic rings. The van der Waals surface area contributed by atoms with E-state index in [9.17, 15) is 0 Å². The van der Waals surface area contributed by atoms with Crippen LogP contribution in [-0.4, -0.2) is 0 Å². The van der Waals surface area contributed by atoms with Crippen molar-refractivity contribution in [1.29, 1.82) is 0 Å². The molecule has 0 radical (unpaired) electrons. The molecule has 0 aliphatic heterocycles. The molecule has 2 heteroatoms. The fourth-order valence-corrected chi connectivity index (χ4v) is 12.1. The summed E-state index contributed by atoms with van der Waals surface area (Å²) in [6, 6.07) is 96.3. The lowest BCUT2D eigenvalue weighted by molar-refractivity contribution is 0.769. The number of para-hydroxylation sites is 1. The van der Waals surface area contributed by atoms with E-state index in [2.05, 4.69) is 266 Å². The number of benzene rings is 11. The Morgan fingerprint density at radius 1 is 0.313 bits per heavy atom. The Kier molecular flexibility index (Phi) is 9.33. The lowest BCUT2D eigenvalue weighted by atomic mass is 9.67. The number of fused-ring (bicyclic) bond motifs is 7. The van der Waals surface area contributed by atoms with Crippen molar-refractivity contribution in [2.75, 3.05) is 4.90 Å². The molecule has 0 spiro atoms. The van der Waals surface area contributed by atoms with E-state index >= 15 is 0 Å². The molecule has 11 aromatic carbocycles. The average Bonchev–Trinajstić information content (AvgIpc) is 3.94. The van der Waals surface area contributed by atoms with Crippen molar-refractivity contribution in [3.63, 3.8) is 0 Å². The highest BCUT2D eigenvalue weighted by Crippen LogP contribution is 2.57. The second-order valence-electron chi connectivity index (χ2n) is 17.6. The van der Waals surface area contributed by atoms with Crippen molar-refractivity contribution < 1.29 is 0 Å². The maximum absolute atomic E-state index is 2.45. The first-order valence-electron chi connectivity index (χ1n) is 23.1. The van der Waals surface area contributed by atoms with E-state index in [-0.39, 0.29) is 0 Å². The summed E-state index contributed by atoms with van der Waals surface area (Å²) in [5.74, 6) is 0. The third-order valence-corrected chi connectivity index (χ3v) is 15.1. The van der Waals surface area contributed by atoms with Crippen LogP contribution in [-0.2, 0) is 5.41 Å². The molecule has 13 rings (SSSR count). The molecule has 1 heterocycles. The van der Waals surface area contributed by atoms with E-state index in [1.54, 1.807) is 0 Å². The topological polar surface area (TPSA) is 3.24 Å². The number of hydrogen-bond donors (Lipinski definition) is 0. The van der Waals surface area contributed by atoms with Crippen molar-refractivity contribution in [2.45, 2.75) is 5.41 Å². The molecule has 1 aliphatic rings. The highest BCUT2D eigenvalue weighted by Gasteiger charge is 2.46. The first kappa shape index (κ1) is 39.1. The van der Waals surface area contributed by atoms with Gasteiger partial charge >= 0.3 is 0 Å². The second-order valence-corrected chi connectivity index (χ2v) is 18.7. The van der Waals surface area contributed by atoms with Crippen LogP contribution in [0.5, 0.6) is 0 Å². The monoisotopic (exact) mass is 869 g/mol. The molecule has 0 N–H and O–H groups in total. The molecule has 314 valence electrons. The zero-order valence-corrected chi connectivity index (χ0v) is 37.5. The minimum atomic E-state index is -0.456. The van der Waals surface area contributed by atoms with E-state index in [1.807, 2.05) is 11.3 Å². The third kappa shape index (κ3) is 6.37. The summed E-state index contributed by atoms with van der Waals surface area (Å²) >= 11 is 1.86. The van der Waals surface area contributed by atoms with Crippen LogP contribution >= 0.6 is 11.3 Å². The van der Waals surface area contributed by atoms with E-state index in [1.165, 1.54) is 97.7 Å². The molecule has 1 aromatic heterocycles. The van der Waals surface area contributed by atoms with Crippen LogP contribution in [0.3, 0.4) is 0 Å². The van der Waals surface area contributed by atoms with Crippen LogP contribution in [0.4, 0.5) is 17.1 Å². The summed E-state index contributed by atoms with van der Waals surface area (Å²) < 4.78 is 2.63. The molecule has 0 saturated carbocycles. The fourth-order valence-electron chi connectivity index (χ4n) is 10.9. The van der Waals surface area contributed by atoms with Crippen LogP contribution in [0.25, 0.3) is 75.5 Å². The predicted octanol–water partition coefficient (Wildman–Crippen LogP) is 18.0. The normalized spacial score (nSPS) is 12.6. The molecular weight excluding hydrogens is 827 g/mol. The summed E-state index contributed by atoms with van der Waals surface area (Å²) in [5.41, 5.74) is 17.8. The Morgan fingerprint density at radius 3 is 1.63 bits per heavy atom. The Balaban J connectivity index is 0.946. The van der Waals surface area contributed by atoms with Gasteiger partial charge in [-0.2, -0.15) is 0 Å². The first-order valence-corrected chi connectivity index (χ1v) is 23.9. The molecule has 1 nitrogen and oxygen atoms in total. The molecular formula is C65H43NS. The number of nitrogens with zero attached hydrogens (tertiary/aromatic N) is 1. The lowest BCUT2D eigenvalue weighted by Crippen LogP contribution is -2.28. The fraction of sp³-hybridized carbons (Fsp3) is 0.0154. The maximum atomic E-state index is 2.45. The largest absolute Gasteiger partial charge is 0.310 e. The van der Waals surface area contributed by atoms with Gasteiger partial charge in [-0.05, 0) is 127 Å². The van der Waals surface area contributed by atoms with Crippen LogP contribution < -0.4 is 4.90 Å². The van der Waals surface area contributed by atoms with Crippen molar-refractivity contribution in [1.82, 2.24) is 0 Å². The zero-order chi connectivity index (χ0) is 44.3. The zero-order valence-electron chi connectivity index (χ0n) is 36.7. The summed E-state index contributed by atoms with van der Waals surface area (Å²) in [6.45, 7) is 0. The van der Waals surface area contributed by atoms with Gasteiger partial charge < -0.3 is 4.90 Å². The van der Waals surface area contributed by atoms with Gasteiger partial charge in [0.2, 0.25) is 0 Å². The van der Waals surface area contributed by atoms with Gasteiger partial charge in [-0.1, -0.05) is 206 Å². The van der Waals surface area contributed by atoms with E-state index < -0.39 is 5.41 Å². The molecule has 0 fully saturated rings. The molecule has 0 atom stereocenters. The second kappa shape index (κ2) is 16.0. The molecule has 0 unspecified atom stereocenters. The standard InChI is InChI=1S/C65H43NS/c1-3-18-50(19-4-1)65(51-20-5-2-6-21-51)59-26-12-9-23-56(59)57-41-36-48(43-60(57)65)45-32-37-52(38-33-45)66(61-27-13-10-22-54(61)49-31-30-44-16-7-8-17-47(44)42-49)53-39-34-46(35-40-53)55-25-15-29-63-64(55)58-24-11-14-28-62(58)67-63/h1-43H. The summed E-state index contributed by atoms with van der Waals surface area (Å²) in [7, 11) is 0. The number of thiophene rings is 1. The van der Waals surface area contributed by atoms with Gasteiger partial charge in [-0.3, -0.25) is 0 Å². The average molecular weight is 870 g/mol. The van der Waals surface area contributed by atoms with Gasteiger partial charge in [0.05, 0.1) is 11.1 Å². The van der Waals surface area contributed by atoms with Crippen molar-refractivity contribution in [3.05, 3.63) is 283 Å². The first-order chi connectivity index (χ1) is 33.2. The molecule has 0 amide bonds. The van der Waals surface area contributed by atoms with Gasteiger partial charge in [-0.25, -0.2) is 0 Å². The number of rotatable bonds is 8. The molecule has 67 heavy (non-hydrogen) atoms. The van der Waals surface area contributed by atoms with Crippen molar-refractivity contribution in [3.8, 4) is 44.5 Å². The van der Waals surface area contributed by atoms with Crippen LogP contribution in [0, 0.1) is 0 Å². The summed E-state index contributed by atoms with van der Waals surface area (Å²) in [4.78, 5) is 2.42. The Morgan fingerprint density at radius 2 is 0.866 bits per heavy atom. The summed E-state index contributed by atoms with van der Waals surface area (Å²) in [6.07, 6.45) is 0. The number of anilines is 3.